The van der Waals surface area contributed by atoms with Crippen molar-refractivity contribution in [3.05, 3.63) is 41.6 Å². The molecule has 0 saturated carbocycles. The van der Waals surface area contributed by atoms with Gasteiger partial charge in [-0.05, 0) is 41.2 Å². The van der Waals surface area contributed by atoms with Crippen molar-refractivity contribution in [2.75, 3.05) is 0 Å². The quantitative estimate of drug-likeness (QED) is 0.521. The highest BCUT2D eigenvalue weighted by molar-refractivity contribution is 6.11. The van der Waals surface area contributed by atoms with Crippen molar-refractivity contribution < 1.29 is 18.9 Å². The van der Waals surface area contributed by atoms with Crippen LogP contribution in [0.2, 0.25) is 0 Å². The first-order valence-electron chi connectivity index (χ1n) is 9.92. The van der Waals surface area contributed by atoms with E-state index in [0.29, 0.717) is 29.7 Å². The molecule has 29 heavy (non-hydrogen) atoms. The molecule has 150 valence electrons. The number of carbonyl (C=O) groups excluding carboxylic acids is 3. The number of aromatic nitrogens is 1. The van der Waals surface area contributed by atoms with Crippen molar-refractivity contribution >= 4 is 39.3 Å². The summed E-state index contributed by atoms with van der Waals surface area (Å²) in [5, 5.41) is 9.07. The highest BCUT2D eigenvalue weighted by Gasteiger charge is 2.32. The Hall–Kier alpha value is -3.02. The number of hydrogen-bond acceptors (Lipinski definition) is 5. The second-order valence-electron chi connectivity index (χ2n) is 8.93. The van der Waals surface area contributed by atoms with E-state index in [4.69, 9.17) is 4.52 Å². The third kappa shape index (κ3) is 3.79. The Morgan fingerprint density at radius 1 is 1.21 bits per heavy atom. The molecule has 6 heteroatoms. The number of nitrogens with zero attached hydrogens (tertiary/aromatic N) is 1. The lowest BCUT2D eigenvalue weighted by molar-refractivity contribution is -0.134. The summed E-state index contributed by atoms with van der Waals surface area (Å²) in [6, 6.07) is 9.32. The Labute approximate surface area is 168 Å². The molecule has 0 spiro atoms. The molecule has 0 bridgehead atoms. The SMILES string of the molecule is CC(C)(C)CCC(=O)c1ccc2c(ccc3onc(C4CCC(=O)NC4=O)c32)c1. The number of amides is 2. The fraction of sp³-hybridized carbons (Fsp3) is 0.391. The van der Waals surface area contributed by atoms with Crippen LogP contribution in [0, 0.1) is 5.41 Å². The first-order chi connectivity index (χ1) is 13.7. The Kier molecular flexibility index (Phi) is 4.73. The molecule has 6 nitrogen and oxygen atoms in total. The molecule has 1 atom stereocenters. The lowest BCUT2D eigenvalue weighted by atomic mass is 9.88. The Balaban J connectivity index is 1.72. The van der Waals surface area contributed by atoms with Crippen LogP contribution in [-0.2, 0) is 9.59 Å². The van der Waals surface area contributed by atoms with Gasteiger partial charge in [0.25, 0.3) is 0 Å². The molecule has 2 aromatic carbocycles. The van der Waals surface area contributed by atoms with Gasteiger partial charge in [-0.1, -0.05) is 44.1 Å². The standard InChI is InChI=1S/C23H24N2O4/c1-23(2,3)11-10-17(26)14-4-6-15-13(12-14)5-8-18-20(15)21(25-29-18)16-7-9-19(27)24-22(16)28/h4-6,8,12,16H,7,9-11H2,1-3H3,(H,24,27,28). The van der Waals surface area contributed by atoms with Gasteiger partial charge in [-0.3, -0.25) is 19.7 Å². The molecule has 1 N–H and O–H groups in total. The molecule has 1 saturated heterocycles. The van der Waals surface area contributed by atoms with Crippen LogP contribution in [0.3, 0.4) is 0 Å². The van der Waals surface area contributed by atoms with Crippen LogP contribution in [0.15, 0.2) is 34.9 Å². The van der Waals surface area contributed by atoms with E-state index < -0.39 is 5.92 Å². The fourth-order valence-electron chi connectivity index (χ4n) is 3.79. The molecule has 0 aliphatic carbocycles. The topological polar surface area (TPSA) is 89.3 Å². The number of benzene rings is 2. The predicted octanol–water partition coefficient (Wildman–Crippen LogP) is 4.51. The molecule has 1 aliphatic heterocycles. The van der Waals surface area contributed by atoms with Gasteiger partial charge < -0.3 is 4.52 Å². The number of piperidine rings is 1. The van der Waals surface area contributed by atoms with Gasteiger partial charge in [-0.2, -0.15) is 0 Å². The number of carbonyl (C=O) groups is 3. The van der Waals surface area contributed by atoms with Gasteiger partial charge >= 0.3 is 0 Å². The van der Waals surface area contributed by atoms with E-state index >= 15 is 0 Å². The first-order valence-corrected chi connectivity index (χ1v) is 9.92. The summed E-state index contributed by atoms with van der Waals surface area (Å²) in [7, 11) is 0. The molecule has 2 amide bonds. The van der Waals surface area contributed by atoms with Gasteiger partial charge in [-0.15, -0.1) is 0 Å². The molecule has 0 radical (unpaired) electrons. The van der Waals surface area contributed by atoms with Gasteiger partial charge in [0.2, 0.25) is 11.8 Å². The van der Waals surface area contributed by atoms with Crippen LogP contribution in [0.4, 0.5) is 0 Å². The largest absolute Gasteiger partial charge is 0.356 e. The highest BCUT2D eigenvalue weighted by Crippen LogP contribution is 2.35. The summed E-state index contributed by atoms with van der Waals surface area (Å²) in [6.45, 7) is 6.37. The minimum absolute atomic E-state index is 0.109. The number of ketones is 1. The maximum atomic E-state index is 12.6. The number of fused-ring (bicyclic) bond motifs is 3. The molecule has 1 fully saturated rings. The summed E-state index contributed by atoms with van der Waals surface area (Å²) in [5.41, 5.74) is 1.92. The number of rotatable bonds is 4. The molecule has 4 rings (SSSR count). The molecule has 1 unspecified atom stereocenters. The van der Waals surface area contributed by atoms with Gasteiger partial charge in [0.15, 0.2) is 11.4 Å². The lowest BCUT2D eigenvalue weighted by Crippen LogP contribution is -2.39. The summed E-state index contributed by atoms with van der Waals surface area (Å²) in [4.78, 5) is 36.4. The number of hydrogen-bond donors (Lipinski definition) is 1. The maximum Gasteiger partial charge on any atom is 0.235 e. The minimum atomic E-state index is -0.521. The second-order valence-corrected chi connectivity index (χ2v) is 8.93. The van der Waals surface area contributed by atoms with E-state index in [2.05, 4.69) is 31.2 Å². The zero-order chi connectivity index (χ0) is 20.8. The molecular weight excluding hydrogens is 368 g/mol. The van der Waals surface area contributed by atoms with Crippen molar-refractivity contribution in [3.8, 4) is 0 Å². The smallest absolute Gasteiger partial charge is 0.235 e. The van der Waals surface area contributed by atoms with Crippen molar-refractivity contribution in [1.29, 1.82) is 0 Å². The Bertz CT molecular complexity index is 1140. The summed E-state index contributed by atoms with van der Waals surface area (Å²) in [5.74, 6) is -1.00. The van der Waals surface area contributed by atoms with Crippen LogP contribution in [-0.4, -0.2) is 22.8 Å². The Morgan fingerprint density at radius 2 is 2.00 bits per heavy atom. The zero-order valence-corrected chi connectivity index (χ0v) is 16.9. The third-order valence-electron chi connectivity index (χ3n) is 5.47. The molecule has 2 heterocycles. The number of imide groups is 1. The van der Waals surface area contributed by atoms with E-state index in [-0.39, 0.29) is 29.4 Å². The van der Waals surface area contributed by atoms with Crippen LogP contribution in [0.5, 0.6) is 0 Å². The van der Waals surface area contributed by atoms with E-state index in [1.54, 1.807) is 0 Å². The van der Waals surface area contributed by atoms with Gasteiger partial charge in [0.1, 0.15) is 5.69 Å². The van der Waals surface area contributed by atoms with Gasteiger partial charge in [0.05, 0.1) is 11.3 Å². The van der Waals surface area contributed by atoms with Crippen LogP contribution in [0.1, 0.15) is 68.4 Å². The number of Topliss-reactive ketones (excluding diaryl/α,β-unsaturated/α-hetero) is 1. The average molecular weight is 392 g/mol. The van der Waals surface area contributed by atoms with Gasteiger partial charge in [-0.25, -0.2) is 0 Å². The highest BCUT2D eigenvalue weighted by atomic mass is 16.5. The molecule has 1 aliphatic rings. The molecule has 3 aromatic rings. The maximum absolute atomic E-state index is 12.6. The monoisotopic (exact) mass is 392 g/mol. The predicted molar refractivity (Wildman–Crippen MR) is 110 cm³/mol. The third-order valence-corrected chi connectivity index (χ3v) is 5.47. The van der Waals surface area contributed by atoms with Crippen LogP contribution < -0.4 is 5.32 Å². The van der Waals surface area contributed by atoms with Crippen molar-refractivity contribution in [2.24, 2.45) is 5.41 Å². The van der Waals surface area contributed by atoms with Gasteiger partial charge in [0, 0.05) is 18.4 Å². The minimum Gasteiger partial charge on any atom is -0.356 e. The summed E-state index contributed by atoms with van der Waals surface area (Å²) < 4.78 is 5.46. The van der Waals surface area contributed by atoms with E-state index in [9.17, 15) is 14.4 Å². The fourth-order valence-corrected chi connectivity index (χ4v) is 3.79. The lowest BCUT2D eigenvalue weighted by Gasteiger charge is -2.19. The second kappa shape index (κ2) is 7.10. The summed E-state index contributed by atoms with van der Waals surface area (Å²) in [6.07, 6.45) is 2.02. The van der Waals surface area contributed by atoms with Crippen molar-refractivity contribution in [3.63, 3.8) is 0 Å². The normalized spacial score (nSPS) is 17.7. The summed E-state index contributed by atoms with van der Waals surface area (Å²) >= 11 is 0. The van der Waals surface area contributed by atoms with E-state index in [1.165, 1.54) is 0 Å². The number of nitrogens with one attached hydrogen (secondary N) is 1. The molecular formula is C23H24N2O4. The first kappa shape index (κ1) is 19.3. The van der Waals surface area contributed by atoms with Crippen LogP contribution >= 0.6 is 0 Å². The van der Waals surface area contributed by atoms with E-state index in [0.717, 1.165) is 22.6 Å². The van der Waals surface area contributed by atoms with E-state index in [1.807, 2.05) is 30.3 Å². The zero-order valence-electron chi connectivity index (χ0n) is 16.9. The van der Waals surface area contributed by atoms with Crippen molar-refractivity contribution in [1.82, 2.24) is 10.5 Å². The molecule has 1 aromatic heterocycles. The Morgan fingerprint density at radius 3 is 2.72 bits per heavy atom. The van der Waals surface area contributed by atoms with Crippen molar-refractivity contribution in [2.45, 2.75) is 52.4 Å². The average Bonchev–Trinajstić information content (AvgIpc) is 3.09. The van der Waals surface area contributed by atoms with Crippen LogP contribution in [0.25, 0.3) is 21.7 Å².